The first-order valence-corrected chi connectivity index (χ1v) is 14.6. The van der Waals surface area contributed by atoms with Crippen molar-refractivity contribution < 1.29 is 39.9 Å². The molecule has 11 heteroatoms. The summed E-state index contributed by atoms with van der Waals surface area (Å²) in [5.41, 5.74) is 10.5. The number of anilines is 2. The van der Waals surface area contributed by atoms with Gasteiger partial charge in [0, 0.05) is 17.4 Å². The zero-order valence-corrected chi connectivity index (χ0v) is 27.6. The number of alkyl halides is 5. The molecule has 0 aliphatic rings. The van der Waals surface area contributed by atoms with Crippen LogP contribution in [0.2, 0.25) is 0 Å². The Labute approximate surface area is 262 Å². The van der Waals surface area contributed by atoms with E-state index in [9.17, 15) is 35.1 Å². The highest BCUT2D eigenvalue weighted by Gasteiger charge is 2.28. The van der Waals surface area contributed by atoms with Crippen LogP contribution in [0.3, 0.4) is 0 Å². The van der Waals surface area contributed by atoms with Crippen molar-refractivity contribution in [1.29, 1.82) is 0 Å². The normalized spacial score (nSPS) is 10.9. The molecule has 0 aromatic heterocycles. The molecule has 0 bridgehead atoms. The molecule has 3 aromatic rings. The van der Waals surface area contributed by atoms with Crippen molar-refractivity contribution in [3.8, 4) is 5.75 Å². The van der Waals surface area contributed by atoms with Crippen LogP contribution in [-0.4, -0.2) is 25.8 Å². The standard InChI is InChI=1S/C12H14F4O.C10H12F3N.C10H14FN.C2H6/c1-7(2)11-8(3)4-9(5-10(11)13)17-6-12(14,15)16;1-6-3-8(14-5-10(12)13)4-9(11)7(6)2;1-6(2)10-7(3)4-8(12)5-9(10)11;1-2/h4-5,7H,6H2,1-3H3;3-4,10,14H,5H2,1-2H3;4-6H,12H2,1-3H3;1-2H3. The SMILES string of the molecule is CC.Cc1cc(N)cc(F)c1C(C)C.Cc1cc(NCC(F)F)cc(F)c1C.Cc1cc(OCC(F)(F)F)cc(F)c1C(C)C. The fourth-order valence-electron chi connectivity index (χ4n) is 4.33. The second kappa shape index (κ2) is 19.1. The summed E-state index contributed by atoms with van der Waals surface area (Å²) >= 11 is 0. The third kappa shape index (κ3) is 14.9. The summed E-state index contributed by atoms with van der Waals surface area (Å²) < 4.78 is 104. The van der Waals surface area contributed by atoms with Gasteiger partial charge in [0.05, 0.1) is 6.54 Å². The third-order valence-electron chi connectivity index (χ3n) is 6.29. The van der Waals surface area contributed by atoms with Gasteiger partial charge in [0.1, 0.15) is 23.2 Å². The van der Waals surface area contributed by atoms with Crippen LogP contribution >= 0.6 is 0 Å². The maximum Gasteiger partial charge on any atom is 0.422 e. The molecule has 3 rings (SSSR count). The van der Waals surface area contributed by atoms with Crippen molar-refractivity contribution in [3.63, 3.8) is 0 Å². The van der Waals surface area contributed by atoms with Crippen LogP contribution in [0.15, 0.2) is 36.4 Å². The number of nitrogen functional groups attached to an aromatic ring is 1. The van der Waals surface area contributed by atoms with E-state index in [4.69, 9.17) is 5.73 Å². The van der Waals surface area contributed by atoms with Gasteiger partial charge in [-0.15, -0.1) is 0 Å². The fraction of sp³-hybridized carbons (Fsp3) is 0.471. The van der Waals surface area contributed by atoms with Crippen molar-refractivity contribution >= 4 is 11.4 Å². The molecule has 0 amide bonds. The third-order valence-corrected chi connectivity index (χ3v) is 6.29. The largest absolute Gasteiger partial charge is 0.484 e. The minimum atomic E-state index is -4.42. The lowest BCUT2D eigenvalue weighted by Crippen LogP contribution is -2.19. The van der Waals surface area contributed by atoms with Crippen molar-refractivity contribution in [3.05, 3.63) is 87.2 Å². The quantitative estimate of drug-likeness (QED) is 0.198. The van der Waals surface area contributed by atoms with E-state index in [-0.39, 0.29) is 29.2 Å². The van der Waals surface area contributed by atoms with Gasteiger partial charge in [0.2, 0.25) is 0 Å². The average Bonchev–Trinajstić information content (AvgIpc) is 2.89. The first-order chi connectivity index (χ1) is 20.7. The molecule has 0 aliphatic heterocycles. The van der Waals surface area contributed by atoms with Gasteiger partial charge < -0.3 is 15.8 Å². The highest BCUT2D eigenvalue weighted by Crippen LogP contribution is 2.28. The van der Waals surface area contributed by atoms with Crippen LogP contribution in [0.1, 0.15) is 86.8 Å². The van der Waals surface area contributed by atoms with Crippen LogP contribution in [0.25, 0.3) is 0 Å². The number of nitrogens with two attached hydrogens (primary N) is 1. The second-order valence-electron chi connectivity index (χ2n) is 10.8. The lowest BCUT2D eigenvalue weighted by Gasteiger charge is -2.14. The Morgan fingerprint density at radius 3 is 1.60 bits per heavy atom. The van der Waals surface area contributed by atoms with Crippen LogP contribution in [0.5, 0.6) is 5.75 Å². The van der Waals surface area contributed by atoms with E-state index in [0.29, 0.717) is 28.1 Å². The number of halogens is 8. The Balaban J connectivity index is 0.000000636. The van der Waals surface area contributed by atoms with E-state index in [1.165, 1.54) is 18.2 Å². The van der Waals surface area contributed by atoms with Crippen molar-refractivity contribution in [2.75, 3.05) is 24.2 Å². The molecular weight excluding hydrogens is 604 g/mol. The number of rotatable bonds is 7. The fourth-order valence-corrected chi connectivity index (χ4v) is 4.33. The average molecular weight is 651 g/mol. The van der Waals surface area contributed by atoms with Crippen LogP contribution < -0.4 is 15.8 Å². The predicted octanol–water partition coefficient (Wildman–Crippen LogP) is 11.2. The summed E-state index contributed by atoms with van der Waals surface area (Å²) in [6, 6.07) is 8.48. The molecule has 3 aromatic carbocycles. The van der Waals surface area contributed by atoms with E-state index < -0.39 is 31.6 Å². The van der Waals surface area contributed by atoms with Gasteiger partial charge in [0.25, 0.3) is 6.43 Å². The minimum absolute atomic E-state index is 0.0216. The van der Waals surface area contributed by atoms with Gasteiger partial charge in [-0.2, -0.15) is 13.2 Å². The summed E-state index contributed by atoms with van der Waals surface area (Å²) in [6.45, 7) is 16.7. The van der Waals surface area contributed by atoms with E-state index in [2.05, 4.69) is 10.1 Å². The van der Waals surface area contributed by atoms with Crippen molar-refractivity contribution in [1.82, 2.24) is 0 Å². The lowest BCUT2D eigenvalue weighted by molar-refractivity contribution is -0.153. The predicted molar refractivity (Wildman–Crippen MR) is 168 cm³/mol. The van der Waals surface area contributed by atoms with Crippen LogP contribution in [-0.2, 0) is 0 Å². The summed E-state index contributed by atoms with van der Waals surface area (Å²) in [5.74, 6) is -1.000. The zero-order valence-electron chi connectivity index (χ0n) is 27.6. The molecule has 45 heavy (non-hydrogen) atoms. The molecule has 254 valence electrons. The Morgan fingerprint density at radius 1 is 0.711 bits per heavy atom. The smallest absolute Gasteiger partial charge is 0.422 e. The van der Waals surface area contributed by atoms with Gasteiger partial charge in [0.15, 0.2) is 6.61 Å². The Hall–Kier alpha value is -3.50. The molecule has 3 N–H and O–H groups in total. The second-order valence-corrected chi connectivity index (χ2v) is 10.8. The van der Waals surface area contributed by atoms with E-state index in [1.54, 1.807) is 32.9 Å². The monoisotopic (exact) mass is 650 g/mol. The van der Waals surface area contributed by atoms with Gasteiger partial charge in [-0.1, -0.05) is 41.5 Å². The number of ether oxygens (including phenoxy) is 1. The van der Waals surface area contributed by atoms with Crippen LogP contribution in [0.4, 0.5) is 46.5 Å². The summed E-state index contributed by atoms with van der Waals surface area (Å²) in [7, 11) is 0. The molecule has 0 saturated carbocycles. The highest BCUT2D eigenvalue weighted by atomic mass is 19.4. The van der Waals surface area contributed by atoms with E-state index in [1.807, 2.05) is 48.5 Å². The molecule has 0 aliphatic carbocycles. The molecule has 0 radical (unpaired) electrons. The summed E-state index contributed by atoms with van der Waals surface area (Å²) in [4.78, 5) is 0. The topological polar surface area (TPSA) is 47.3 Å². The maximum absolute atomic E-state index is 13.6. The molecule has 0 fully saturated rings. The lowest BCUT2D eigenvalue weighted by atomic mass is 9.97. The number of hydrogen-bond acceptors (Lipinski definition) is 3. The molecule has 3 nitrogen and oxygen atoms in total. The molecule has 0 spiro atoms. The first kappa shape index (κ1) is 41.5. The minimum Gasteiger partial charge on any atom is -0.484 e. The maximum atomic E-state index is 13.6. The Morgan fingerprint density at radius 2 is 1.20 bits per heavy atom. The van der Waals surface area contributed by atoms with Gasteiger partial charge in [-0.05, 0) is 103 Å². The molecule has 0 atom stereocenters. The summed E-state index contributed by atoms with van der Waals surface area (Å²) in [6.07, 6.45) is -6.85. The van der Waals surface area contributed by atoms with E-state index >= 15 is 0 Å². The van der Waals surface area contributed by atoms with Gasteiger partial charge in [-0.25, -0.2) is 22.0 Å². The van der Waals surface area contributed by atoms with Gasteiger partial charge >= 0.3 is 6.18 Å². The van der Waals surface area contributed by atoms with E-state index in [0.717, 1.165) is 22.8 Å². The highest BCUT2D eigenvalue weighted by molar-refractivity contribution is 5.49. The molecule has 0 unspecified atom stereocenters. The number of hydrogen-bond donors (Lipinski definition) is 2. The zero-order chi connectivity index (χ0) is 35.2. The first-order valence-electron chi connectivity index (χ1n) is 14.6. The van der Waals surface area contributed by atoms with Gasteiger partial charge in [-0.3, -0.25) is 0 Å². The number of nitrogens with one attached hydrogen (secondary N) is 1. The molecule has 0 saturated heterocycles. The number of aryl methyl sites for hydroxylation is 3. The Kier molecular flexibility index (Phi) is 17.6. The molecular formula is C34H46F8N2O. The summed E-state index contributed by atoms with van der Waals surface area (Å²) in [5, 5.41) is 2.46. The molecule has 0 heterocycles. The number of benzene rings is 3. The Bertz CT molecular complexity index is 1270. The van der Waals surface area contributed by atoms with Crippen molar-refractivity contribution in [2.24, 2.45) is 0 Å². The van der Waals surface area contributed by atoms with Crippen molar-refractivity contribution in [2.45, 2.75) is 93.7 Å². The van der Waals surface area contributed by atoms with Crippen LogP contribution in [0, 0.1) is 45.1 Å².